The summed E-state index contributed by atoms with van der Waals surface area (Å²) >= 11 is 0. The summed E-state index contributed by atoms with van der Waals surface area (Å²) in [6.45, 7) is 5.40. The molecule has 98 valence electrons. The van der Waals surface area contributed by atoms with E-state index in [0.29, 0.717) is 11.5 Å². The lowest BCUT2D eigenvalue weighted by molar-refractivity contribution is -0.125. The molecule has 0 unspecified atom stereocenters. The van der Waals surface area contributed by atoms with Crippen LogP contribution in [0.2, 0.25) is 0 Å². The third kappa shape index (κ3) is 3.44. The first-order chi connectivity index (χ1) is 8.22. The van der Waals surface area contributed by atoms with Crippen LogP contribution < -0.4 is 11.1 Å². The van der Waals surface area contributed by atoms with Gasteiger partial charge in [0.15, 0.2) is 0 Å². The molecule has 1 rings (SSSR count). The average molecular weight is 251 g/mol. The number of nitrogens with one attached hydrogen (secondary N) is 1. The molecule has 0 saturated heterocycles. The highest BCUT2D eigenvalue weighted by Gasteiger charge is 2.24. The van der Waals surface area contributed by atoms with Crippen molar-refractivity contribution in [1.82, 2.24) is 4.98 Å². The van der Waals surface area contributed by atoms with Crippen molar-refractivity contribution in [1.29, 1.82) is 0 Å². The van der Waals surface area contributed by atoms with Gasteiger partial charge in [0.25, 0.3) is 0 Å². The highest BCUT2D eigenvalue weighted by molar-refractivity contribution is 5.88. The Morgan fingerprint density at radius 1 is 1.44 bits per heavy atom. The molecule has 1 aromatic heterocycles. The standard InChI is InChI=1S/C12H17N3O3/c1-7-4-8(10(16)17)5-9(15-7)14-6-12(2,3)11(13)18/h4-5H,6H2,1-3H3,(H2,13,18)(H,14,15)(H,16,17). The van der Waals surface area contributed by atoms with Crippen LogP contribution in [0.25, 0.3) is 0 Å². The molecule has 0 spiro atoms. The number of pyridine rings is 1. The summed E-state index contributed by atoms with van der Waals surface area (Å²) in [4.78, 5) is 26.2. The number of aromatic carboxylic acids is 1. The van der Waals surface area contributed by atoms with E-state index in [9.17, 15) is 9.59 Å². The van der Waals surface area contributed by atoms with Gasteiger partial charge in [-0.3, -0.25) is 4.79 Å². The van der Waals surface area contributed by atoms with Gasteiger partial charge in [0.1, 0.15) is 5.82 Å². The molecule has 0 radical (unpaired) electrons. The normalized spacial score (nSPS) is 11.1. The third-order valence-electron chi connectivity index (χ3n) is 2.58. The number of amides is 1. The van der Waals surface area contributed by atoms with Crippen LogP contribution >= 0.6 is 0 Å². The van der Waals surface area contributed by atoms with E-state index in [1.54, 1.807) is 20.8 Å². The summed E-state index contributed by atoms with van der Waals surface area (Å²) in [6, 6.07) is 2.90. The predicted molar refractivity (Wildman–Crippen MR) is 67.4 cm³/mol. The number of anilines is 1. The number of carboxylic acids is 1. The van der Waals surface area contributed by atoms with Gasteiger partial charge in [-0.1, -0.05) is 0 Å². The van der Waals surface area contributed by atoms with Crippen molar-refractivity contribution in [3.63, 3.8) is 0 Å². The van der Waals surface area contributed by atoms with Crippen LogP contribution in [-0.2, 0) is 4.79 Å². The maximum absolute atomic E-state index is 11.2. The fraction of sp³-hybridized carbons (Fsp3) is 0.417. The van der Waals surface area contributed by atoms with E-state index in [1.165, 1.54) is 12.1 Å². The molecular weight excluding hydrogens is 234 g/mol. The van der Waals surface area contributed by atoms with Crippen LogP contribution in [-0.4, -0.2) is 28.5 Å². The van der Waals surface area contributed by atoms with Gasteiger partial charge >= 0.3 is 5.97 Å². The Kier molecular flexibility index (Phi) is 3.90. The van der Waals surface area contributed by atoms with Crippen molar-refractivity contribution in [2.75, 3.05) is 11.9 Å². The Hall–Kier alpha value is -2.11. The second-order valence-electron chi connectivity index (χ2n) is 4.79. The molecule has 1 aromatic rings. The molecule has 0 atom stereocenters. The maximum atomic E-state index is 11.2. The number of carbonyl (C=O) groups excluding carboxylic acids is 1. The molecule has 4 N–H and O–H groups in total. The third-order valence-corrected chi connectivity index (χ3v) is 2.58. The number of aryl methyl sites for hydroxylation is 1. The van der Waals surface area contributed by atoms with E-state index in [1.807, 2.05) is 0 Å². The molecule has 0 bridgehead atoms. The first kappa shape index (κ1) is 14.0. The second kappa shape index (κ2) is 5.03. The molecule has 1 amide bonds. The van der Waals surface area contributed by atoms with E-state index in [0.717, 1.165) is 0 Å². The Balaban J connectivity index is 2.86. The van der Waals surface area contributed by atoms with Gasteiger partial charge in [0.05, 0.1) is 11.0 Å². The zero-order chi connectivity index (χ0) is 13.9. The molecular formula is C12H17N3O3. The minimum absolute atomic E-state index is 0.155. The lowest BCUT2D eigenvalue weighted by Gasteiger charge is -2.21. The monoisotopic (exact) mass is 251 g/mol. The van der Waals surface area contributed by atoms with E-state index in [2.05, 4.69) is 10.3 Å². The maximum Gasteiger partial charge on any atom is 0.335 e. The van der Waals surface area contributed by atoms with Crippen molar-refractivity contribution >= 4 is 17.7 Å². The van der Waals surface area contributed by atoms with Gasteiger partial charge in [-0.15, -0.1) is 0 Å². The fourth-order valence-electron chi connectivity index (χ4n) is 1.28. The van der Waals surface area contributed by atoms with Gasteiger partial charge in [0, 0.05) is 12.2 Å². The van der Waals surface area contributed by atoms with Gasteiger partial charge in [0.2, 0.25) is 5.91 Å². The Morgan fingerprint density at radius 2 is 2.06 bits per heavy atom. The van der Waals surface area contributed by atoms with Crippen molar-refractivity contribution in [2.45, 2.75) is 20.8 Å². The Labute approximate surface area is 105 Å². The minimum atomic E-state index is -1.02. The van der Waals surface area contributed by atoms with Crippen molar-refractivity contribution < 1.29 is 14.7 Å². The van der Waals surface area contributed by atoms with E-state index < -0.39 is 17.3 Å². The summed E-state index contributed by atoms with van der Waals surface area (Å²) in [7, 11) is 0. The number of nitrogens with two attached hydrogens (primary N) is 1. The average Bonchev–Trinajstić information content (AvgIpc) is 2.25. The van der Waals surface area contributed by atoms with Gasteiger partial charge in [-0.2, -0.15) is 0 Å². The summed E-state index contributed by atoms with van der Waals surface area (Å²) < 4.78 is 0. The number of carbonyl (C=O) groups is 2. The SMILES string of the molecule is Cc1cc(C(=O)O)cc(NCC(C)(C)C(N)=O)n1. The molecule has 18 heavy (non-hydrogen) atoms. The Morgan fingerprint density at radius 3 is 2.56 bits per heavy atom. The van der Waals surface area contributed by atoms with Gasteiger partial charge < -0.3 is 16.2 Å². The van der Waals surface area contributed by atoms with Crippen LogP contribution in [0.5, 0.6) is 0 Å². The van der Waals surface area contributed by atoms with Gasteiger partial charge in [-0.25, -0.2) is 9.78 Å². The lowest BCUT2D eigenvalue weighted by Crippen LogP contribution is -2.37. The molecule has 0 fully saturated rings. The number of hydrogen-bond donors (Lipinski definition) is 3. The summed E-state index contributed by atoms with van der Waals surface area (Å²) in [6.07, 6.45) is 0. The predicted octanol–water partition coefficient (Wildman–Crippen LogP) is 1.01. The summed E-state index contributed by atoms with van der Waals surface area (Å²) in [5.74, 6) is -1.03. The molecule has 0 saturated carbocycles. The number of primary amides is 1. The quantitative estimate of drug-likeness (QED) is 0.724. The first-order valence-electron chi connectivity index (χ1n) is 5.48. The Bertz CT molecular complexity index is 483. The fourth-order valence-corrected chi connectivity index (χ4v) is 1.28. The smallest absolute Gasteiger partial charge is 0.335 e. The largest absolute Gasteiger partial charge is 0.478 e. The molecule has 0 aliphatic heterocycles. The number of rotatable bonds is 5. The second-order valence-corrected chi connectivity index (χ2v) is 4.79. The molecule has 0 aromatic carbocycles. The van der Waals surface area contributed by atoms with E-state index in [4.69, 9.17) is 10.8 Å². The van der Waals surface area contributed by atoms with Crippen LogP contribution in [0.3, 0.4) is 0 Å². The number of nitrogens with zero attached hydrogens (tertiary/aromatic N) is 1. The lowest BCUT2D eigenvalue weighted by atomic mass is 9.93. The number of hydrogen-bond acceptors (Lipinski definition) is 4. The van der Waals surface area contributed by atoms with E-state index >= 15 is 0 Å². The van der Waals surface area contributed by atoms with Crippen LogP contribution in [0, 0.1) is 12.3 Å². The van der Waals surface area contributed by atoms with E-state index in [-0.39, 0.29) is 12.1 Å². The molecule has 0 aliphatic carbocycles. The molecule has 1 heterocycles. The first-order valence-corrected chi connectivity index (χ1v) is 5.48. The highest BCUT2D eigenvalue weighted by Crippen LogP contribution is 2.16. The van der Waals surface area contributed by atoms with Crippen molar-refractivity contribution in [3.05, 3.63) is 23.4 Å². The number of carboxylic acid groups (broad SMARTS) is 1. The van der Waals surface area contributed by atoms with Crippen LogP contribution in [0.4, 0.5) is 5.82 Å². The van der Waals surface area contributed by atoms with Crippen LogP contribution in [0.15, 0.2) is 12.1 Å². The molecule has 6 nitrogen and oxygen atoms in total. The van der Waals surface area contributed by atoms with Crippen molar-refractivity contribution in [2.24, 2.45) is 11.1 Å². The molecule has 6 heteroatoms. The summed E-state index contributed by atoms with van der Waals surface area (Å²) in [5, 5.41) is 11.8. The highest BCUT2D eigenvalue weighted by atomic mass is 16.4. The van der Waals surface area contributed by atoms with Crippen molar-refractivity contribution in [3.8, 4) is 0 Å². The minimum Gasteiger partial charge on any atom is -0.478 e. The topological polar surface area (TPSA) is 105 Å². The van der Waals surface area contributed by atoms with Gasteiger partial charge in [-0.05, 0) is 32.9 Å². The zero-order valence-corrected chi connectivity index (χ0v) is 10.7. The number of aromatic nitrogens is 1. The zero-order valence-electron chi connectivity index (χ0n) is 10.7. The van der Waals surface area contributed by atoms with Crippen LogP contribution in [0.1, 0.15) is 29.9 Å². The summed E-state index contributed by atoms with van der Waals surface area (Å²) in [5.41, 5.74) is 5.27. The molecule has 0 aliphatic rings.